The van der Waals surface area contributed by atoms with Gasteiger partial charge in [0.15, 0.2) is 11.5 Å². The highest BCUT2D eigenvalue weighted by Gasteiger charge is 2.13. The van der Waals surface area contributed by atoms with Crippen molar-refractivity contribution in [1.82, 2.24) is 0 Å². The molecule has 0 aliphatic heterocycles. The quantitative estimate of drug-likeness (QED) is 0.907. The zero-order valence-electron chi connectivity index (χ0n) is 12.1. The van der Waals surface area contributed by atoms with E-state index < -0.39 is 0 Å². The fourth-order valence-corrected chi connectivity index (χ4v) is 1.98. The van der Waals surface area contributed by atoms with Crippen LogP contribution in [0.3, 0.4) is 0 Å². The Morgan fingerprint density at radius 3 is 2.48 bits per heavy atom. The summed E-state index contributed by atoms with van der Waals surface area (Å²) >= 11 is 0. The number of rotatable bonds is 4. The molecule has 0 aliphatic carbocycles. The number of anilines is 1. The maximum Gasteiger partial charge on any atom is 0.256 e. The van der Waals surface area contributed by atoms with Crippen molar-refractivity contribution in [1.29, 1.82) is 0 Å². The fraction of sp³-hybridized carbons (Fsp3) is 0.188. The first-order valence-electron chi connectivity index (χ1n) is 6.38. The molecule has 5 heteroatoms. The monoisotopic (exact) mass is 287 g/mol. The lowest BCUT2D eigenvalue weighted by molar-refractivity contribution is 0.102. The number of carbonyl (C=O) groups is 1. The van der Waals surface area contributed by atoms with Crippen molar-refractivity contribution in [3.05, 3.63) is 47.5 Å². The molecule has 2 aromatic carbocycles. The normalized spacial score (nSPS) is 10.0. The lowest BCUT2D eigenvalue weighted by atomic mass is 10.1. The summed E-state index contributed by atoms with van der Waals surface area (Å²) in [6, 6.07) is 9.94. The van der Waals surface area contributed by atoms with Crippen LogP contribution in [-0.4, -0.2) is 25.2 Å². The predicted molar refractivity (Wildman–Crippen MR) is 80.3 cm³/mol. The maximum atomic E-state index is 12.2. The van der Waals surface area contributed by atoms with Gasteiger partial charge in [0, 0.05) is 22.9 Å². The van der Waals surface area contributed by atoms with E-state index in [-0.39, 0.29) is 11.7 Å². The predicted octanol–water partition coefficient (Wildman–Crippen LogP) is 2.97. The summed E-state index contributed by atoms with van der Waals surface area (Å²) in [6.45, 7) is 1.69. The third-order valence-corrected chi connectivity index (χ3v) is 3.19. The fourth-order valence-electron chi connectivity index (χ4n) is 1.98. The summed E-state index contributed by atoms with van der Waals surface area (Å²) in [7, 11) is 3.08. The summed E-state index contributed by atoms with van der Waals surface area (Å²) in [6.07, 6.45) is 0. The molecule has 1 amide bonds. The SMILES string of the molecule is COc1ccc(NC(=O)c2cccc(O)c2C)cc1OC. The molecule has 0 unspecified atom stereocenters. The Bertz CT molecular complexity index is 667. The van der Waals surface area contributed by atoms with E-state index in [1.807, 2.05) is 0 Å². The zero-order valence-corrected chi connectivity index (χ0v) is 12.1. The molecule has 2 aromatic rings. The van der Waals surface area contributed by atoms with Crippen LogP contribution in [0.5, 0.6) is 17.2 Å². The Kier molecular flexibility index (Phi) is 4.33. The number of hydrogen-bond acceptors (Lipinski definition) is 4. The van der Waals surface area contributed by atoms with Crippen LogP contribution in [0.4, 0.5) is 5.69 Å². The van der Waals surface area contributed by atoms with Crippen molar-refractivity contribution in [2.45, 2.75) is 6.92 Å². The molecule has 0 bridgehead atoms. The minimum atomic E-state index is -0.296. The maximum absolute atomic E-state index is 12.2. The largest absolute Gasteiger partial charge is 0.508 e. The van der Waals surface area contributed by atoms with Crippen molar-refractivity contribution in [3.8, 4) is 17.2 Å². The van der Waals surface area contributed by atoms with Gasteiger partial charge in [-0.15, -0.1) is 0 Å². The number of nitrogens with one attached hydrogen (secondary N) is 1. The van der Waals surface area contributed by atoms with Crippen LogP contribution in [0.25, 0.3) is 0 Å². The highest BCUT2D eigenvalue weighted by atomic mass is 16.5. The molecule has 21 heavy (non-hydrogen) atoms. The summed E-state index contributed by atoms with van der Waals surface area (Å²) in [5.74, 6) is 0.914. The molecule has 2 N–H and O–H groups in total. The van der Waals surface area contributed by atoms with Crippen LogP contribution >= 0.6 is 0 Å². The first-order valence-corrected chi connectivity index (χ1v) is 6.38. The molecule has 0 spiro atoms. The number of methoxy groups -OCH3 is 2. The molecule has 0 saturated carbocycles. The van der Waals surface area contributed by atoms with Gasteiger partial charge in [-0.2, -0.15) is 0 Å². The van der Waals surface area contributed by atoms with E-state index in [1.54, 1.807) is 50.4 Å². The van der Waals surface area contributed by atoms with E-state index in [0.717, 1.165) is 0 Å². The van der Waals surface area contributed by atoms with E-state index in [9.17, 15) is 9.90 Å². The summed E-state index contributed by atoms with van der Waals surface area (Å²) < 4.78 is 10.3. The second kappa shape index (κ2) is 6.17. The number of hydrogen-bond donors (Lipinski definition) is 2. The van der Waals surface area contributed by atoms with E-state index in [1.165, 1.54) is 7.11 Å². The van der Waals surface area contributed by atoms with Gasteiger partial charge in [0.1, 0.15) is 5.75 Å². The number of ether oxygens (including phenoxy) is 2. The second-order valence-corrected chi connectivity index (χ2v) is 4.47. The molecular formula is C16H17NO4. The molecule has 0 saturated heterocycles. The number of phenols is 1. The van der Waals surface area contributed by atoms with Crippen LogP contribution in [0.15, 0.2) is 36.4 Å². The molecule has 0 atom stereocenters. The Balaban J connectivity index is 2.25. The van der Waals surface area contributed by atoms with Crippen molar-refractivity contribution >= 4 is 11.6 Å². The summed E-state index contributed by atoms with van der Waals surface area (Å²) in [4.78, 5) is 12.2. The van der Waals surface area contributed by atoms with Crippen LogP contribution in [0.2, 0.25) is 0 Å². The Morgan fingerprint density at radius 2 is 1.81 bits per heavy atom. The van der Waals surface area contributed by atoms with Crippen LogP contribution in [0.1, 0.15) is 15.9 Å². The van der Waals surface area contributed by atoms with Gasteiger partial charge in [-0.05, 0) is 31.2 Å². The van der Waals surface area contributed by atoms with Gasteiger partial charge in [0.25, 0.3) is 5.91 Å². The smallest absolute Gasteiger partial charge is 0.256 e. The highest BCUT2D eigenvalue weighted by molar-refractivity contribution is 6.05. The number of carbonyl (C=O) groups excluding carboxylic acids is 1. The van der Waals surface area contributed by atoms with Crippen molar-refractivity contribution in [2.75, 3.05) is 19.5 Å². The Labute approximate surface area is 123 Å². The molecule has 2 rings (SSSR count). The minimum Gasteiger partial charge on any atom is -0.508 e. The topological polar surface area (TPSA) is 67.8 Å². The van der Waals surface area contributed by atoms with Gasteiger partial charge in [-0.1, -0.05) is 6.07 Å². The average Bonchev–Trinajstić information content (AvgIpc) is 2.49. The molecular weight excluding hydrogens is 270 g/mol. The zero-order chi connectivity index (χ0) is 15.4. The van der Waals surface area contributed by atoms with Crippen LogP contribution in [-0.2, 0) is 0 Å². The summed E-state index contributed by atoms with van der Waals surface area (Å²) in [5, 5.41) is 12.4. The van der Waals surface area contributed by atoms with Gasteiger partial charge in [0.05, 0.1) is 14.2 Å². The van der Waals surface area contributed by atoms with Gasteiger partial charge >= 0.3 is 0 Å². The average molecular weight is 287 g/mol. The number of aromatic hydroxyl groups is 1. The number of phenolic OH excluding ortho intramolecular Hbond substituents is 1. The number of amides is 1. The van der Waals surface area contributed by atoms with E-state index in [4.69, 9.17) is 9.47 Å². The van der Waals surface area contributed by atoms with Gasteiger partial charge in [0.2, 0.25) is 0 Å². The lowest BCUT2D eigenvalue weighted by Gasteiger charge is -2.12. The van der Waals surface area contributed by atoms with Gasteiger partial charge < -0.3 is 19.9 Å². The van der Waals surface area contributed by atoms with Crippen molar-refractivity contribution in [3.63, 3.8) is 0 Å². The molecule has 110 valence electrons. The Morgan fingerprint density at radius 1 is 1.10 bits per heavy atom. The summed E-state index contributed by atoms with van der Waals surface area (Å²) in [5.41, 5.74) is 1.54. The van der Waals surface area contributed by atoms with Gasteiger partial charge in [-0.25, -0.2) is 0 Å². The lowest BCUT2D eigenvalue weighted by Crippen LogP contribution is -2.13. The molecule has 0 heterocycles. The highest BCUT2D eigenvalue weighted by Crippen LogP contribution is 2.30. The molecule has 0 aromatic heterocycles. The van der Waals surface area contributed by atoms with E-state index in [0.29, 0.717) is 28.3 Å². The first kappa shape index (κ1) is 14.7. The van der Waals surface area contributed by atoms with E-state index >= 15 is 0 Å². The second-order valence-electron chi connectivity index (χ2n) is 4.47. The number of benzene rings is 2. The van der Waals surface area contributed by atoms with Gasteiger partial charge in [-0.3, -0.25) is 4.79 Å². The first-order chi connectivity index (χ1) is 10.1. The van der Waals surface area contributed by atoms with Crippen molar-refractivity contribution in [2.24, 2.45) is 0 Å². The van der Waals surface area contributed by atoms with Crippen LogP contribution < -0.4 is 14.8 Å². The van der Waals surface area contributed by atoms with Crippen molar-refractivity contribution < 1.29 is 19.4 Å². The Hall–Kier alpha value is -2.69. The third kappa shape index (κ3) is 3.08. The molecule has 0 fully saturated rings. The standard InChI is InChI=1S/C16H17NO4/c1-10-12(5-4-6-13(10)18)16(19)17-11-7-8-14(20-2)15(9-11)21-3/h4-9,18H,1-3H3,(H,17,19). The molecule has 5 nitrogen and oxygen atoms in total. The van der Waals surface area contributed by atoms with E-state index in [2.05, 4.69) is 5.32 Å². The minimum absolute atomic E-state index is 0.0926. The molecule has 0 aliphatic rings. The third-order valence-electron chi connectivity index (χ3n) is 3.19. The molecule has 0 radical (unpaired) electrons. The van der Waals surface area contributed by atoms with Crippen LogP contribution in [0, 0.1) is 6.92 Å².